The zero-order valence-electron chi connectivity index (χ0n) is 11.7. The number of hydrogen-bond acceptors (Lipinski definition) is 4. The Morgan fingerprint density at radius 2 is 1.74 bits per heavy atom. The van der Waals surface area contributed by atoms with Crippen molar-refractivity contribution in [3.8, 4) is 16.8 Å². The summed E-state index contributed by atoms with van der Waals surface area (Å²) in [5.74, 6) is 0. The second-order valence-electron chi connectivity index (χ2n) is 4.75. The van der Waals surface area contributed by atoms with Crippen molar-refractivity contribution in [3.63, 3.8) is 0 Å². The van der Waals surface area contributed by atoms with Gasteiger partial charge in [0.05, 0.1) is 10.6 Å². The van der Waals surface area contributed by atoms with Crippen molar-refractivity contribution >= 4 is 22.5 Å². The lowest BCUT2D eigenvalue weighted by atomic mass is 10.1. The molecule has 0 fully saturated rings. The van der Waals surface area contributed by atoms with E-state index in [0.29, 0.717) is 11.1 Å². The topological polar surface area (TPSA) is 78.0 Å². The van der Waals surface area contributed by atoms with Gasteiger partial charge in [-0.05, 0) is 41.4 Å². The predicted octanol–water partition coefficient (Wildman–Crippen LogP) is 3.83. The molecule has 114 valence electrons. The van der Waals surface area contributed by atoms with Crippen LogP contribution in [0.15, 0.2) is 60.8 Å². The van der Waals surface area contributed by atoms with E-state index < -0.39 is 10.2 Å². The zero-order valence-corrected chi connectivity index (χ0v) is 12.5. The van der Waals surface area contributed by atoms with Gasteiger partial charge in [-0.15, -0.1) is 0 Å². The summed E-state index contributed by atoms with van der Waals surface area (Å²) in [6, 6.07) is 15.1. The number of carbonyl (C=O) groups is 1. The van der Waals surface area contributed by atoms with E-state index in [1.165, 1.54) is 12.1 Å². The number of hydrogen-bond donors (Lipinski definition) is 0. The molecule has 0 unspecified atom stereocenters. The minimum Gasteiger partial charge on any atom is -0.274 e. The van der Waals surface area contributed by atoms with Crippen LogP contribution in [0.4, 0.5) is 5.69 Å². The normalized spacial score (nSPS) is 10.5. The van der Waals surface area contributed by atoms with Crippen molar-refractivity contribution in [2.75, 3.05) is 0 Å². The number of nitro groups is 1. The Balaban J connectivity index is 2.09. The minimum atomic E-state index is -0.687. The number of nitro benzene ring substituents is 1. The molecule has 3 rings (SSSR count). The first-order valence-corrected chi connectivity index (χ1v) is 7.04. The Bertz CT molecular complexity index is 873. The summed E-state index contributed by atoms with van der Waals surface area (Å²) in [6.07, 6.45) is 1.67. The fourth-order valence-electron chi connectivity index (χ4n) is 2.21. The minimum absolute atomic E-state index is 0.0250. The summed E-state index contributed by atoms with van der Waals surface area (Å²) in [6.45, 7) is 0. The third-order valence-electron chi connectivity index (χ3n) is 3.31. The Morgan fingerprint density at radius 3 is 2.30 bits per heavy atom. The van der Waals surface area contributed by atoms with Gasteiger partial charge in [-0.1, -0.05) is 18.2 Å². The highest BCUT2D eigenvalue weighted by Crippen LogP contribution is 2.27. The van der Waals surface area contributed by atoms with Gasteiger partial charge in [-0.25, -0.2) is 4.68 Å². The first-order valence-electron chi connectivity index (χ1n) is 6.66. The molecule has 0 saturated heterocycles. The maximum Gasteiger partial charge on any atom is 0.273 e. The van der Waals surface area contributed by atoms with E-state index in [9.17, 15) is 14.9 Å². The molecule has 0 bridgehead atoms. The summed E-state index contributed by atoms with van der Waals surface area (Å²) >= 11 is 5.62. The second kappa shape index (κ2) is 6.02. The molecule has 0 N–H and O–H groups in total. The molecule has 0 spiro atoms. The van der Waals surface area contributed by atoms with Gasteiger partial charge in [0.2, 0.25) is 0 Å². The zero-order chi connectivity index (χ0) is 16.4. The molecule has 0 atom stereocenters. The third-order valence-corrected chi connectivity index (χ3v) is 3.49. The first kappa shape index (κ1) is 14.9. The number of rotatable bonds is 4. The highest BCUT2D eigenvalue weighted by Gasteiger charge is 2.18. The predicted molar refractivity (Wildman–Crippen MR) is 85.8 cm³/mol. The Labute approximate surface area is 136 Å². The van der Waals surface area contributed by atoms with Crippen molar-refractivity contribution in [2.24, 2.45) is 0 Å². The molecule has 3 aromatic rings. The fraction of sp³-hybridized carbons (Fsp3) is 0. The molecular formula is C16H10ClN3O3. The van der Waals surface area contributed by atoms with Crippen LogP contribution in [-0.4, -0.2) is 19.9 Å². The smallest absolute Gasteiger partial charge is 0.273 e. The Kier molecular flexibility index (Phi) is 3.91. The van der Waals surface area contributed by atoms with Crippen molar-refractivity contribution in [1.82, 2.24) is 9.78 Å². The Hall–Kier alpha value is -2.99. The van der Waals surface area contributed by atoms with Crippen molar-refractivity contribution < 1.29 is 9.72 Å². The van der Waals surface area contributed by atoms with E-state index in [4.69, 9.17) is 11.6 Å². The van der Waals surface area contributed by atoms with Crippen molar-refractivity contribution in [2.45, 2.75) is 0 Å². The monoisotopic (exact) mass is 327 g/mol. The molecule has 2 aromatic carbocycles. The number of benzene rings is 2. The highest BCUT2D eigenvalue weighted by molar-refractivity contribution is 6.68. The van der Waals surface area contributed by atoms with Gasteiger partial charge in [0.15, 0.2) is 5.69 Å². The van der Waals surface area contributed by atoms with Gasteiger partial charge in [-0.3, -0.25) is 14.9 Å². The fourth-order valence-corrected chi connectivity index (χ4v) is 2.35. The summed E-state index contributed by atoms with van der Waals surface area (Å²) in [7, 11) is 0. The molecular weight excluding hydrogens is 318 g/mol. The van der Waals surface area contributed by atoms with Gasteiger partial charge in [0, 0.05) is 23.9 Å². The maximum absolute atomic E-state index is 11.6. The molecule has 0 aliphatic heterocycles. The van der Waals surface area contributed by atoms with Crippen LogP contribution in [0.25, 0.3) is 16.8 Å². The maximum atomic E-state index is 11.6. The SMILES string of the molecule is O=C(Cl)c1nn(-c2ccccc2)cc1-c1ccc([N+](=O)[O-])cc1. The molecule has 0 saturated carbocycles. The van der Waals surface area contributed by atoms with Gasteiger partial charge in [-0.2, -0.15) is 5.10 Å². The van der Waals surface area contributed by atoms with Crippen molar-refractivity contribution in [3.05, 3.63) is 76.6 Å². The average Bonchev–Trinajstić information content (AvgIpc) is 3.01. The lowest BCUT2D eigenvalue weighted by molar-refractivity contribution is -0.384. The highest BCUT2D eigenvalue weighted by atomic mass is 35.5. The van der Waals surface area contributed by atoms with E-state index in [-0.39, 0.29) is 11.4 Å². The molecule has 6 nitrogen and oxygen atoms in total. The quantitative estimate of drug-likeness (QED) is 0.414. The van der Waals surface area contributed by atoms with E-state index >= 15 is 0 Å². The van der Waals surface area contributed by atoms with E-state index in [0.717, 1.165) is 5.69 Å². The first-order chi connectivity index (χ1) is 11.1. The second-order valence-corrected chi connectivity index (χ2v) is 5.09. The standard InChI is InChI=1S/C16H10ClN3O3/c17-16(21)15-14(11-6-8-13(9-7-11)20(22)23)10-19(18-15)12-4-2-1-3-5-12/h1-10H. The van der Waals surface area contributed by atoms with Gasteiger partial charge < -0.3 is 0 Å². The number of carbonyl (C=O) groups excluding carboxylic acids is 1. The molecule has 0 amide bonds. The van der Waals surface area contributed by atoms with Crippen LogP contribution in [0.3, 0.4) is 0 Å². The van der Waals surface area contributed by atoms with Crippen LogP contribution >= 0.6 is 11.6 Å². The van der Waals surface area contributed by atoms with Crippen LogP contribution in [0.1, 0.15) is 10.5 Å². The van der Waals surface area contributed by atoms with Crippen LogP contribution in [-0.2, 0) is 0 Å². The molecule has 0 aliphatic rings. The number of halogens is 1. The van der Waals surface area contributed by atoms with Crippen LogP contribution in [0.2, 0.25) is 0 Å². The van der Waals surface area contributed by atoms with Crippen LogP contribution in [0, 0.1) is 10.1 Å². The third kappa shape index (κ3) is 2.97. The summed E-state index contributed by atoms with van der Waals surface area (Å²) < 4.78 is 1.55. The van der Waals surface area contributed by atoms with E-state index in [2.05, 4.69) is 5.10 Å². The average molecular weight is 328 g/mol. The van der Waals surface area contributed by atoms with Gasteiger partial charge >= 0.3 is 0 Å². The Morgan fingerprint density at radius 1 is 1.09 bits per heavy atom. The number of aromatic nitrogens is 2. The summed E-state index contributed by atoms with van der Waals surface area (Å²) in [5, 5.41) is 14.3. The van der Waals surface area contributed by atoms with E-state index in [1.54, 1.807) is 23.0 Å². The summed E-state index contributed by atoms with van der Waals surface area (Å²) in [4.78, 5) is 21.9. The lowest BCUT2D eigenvalue weighted by Gasteiger charge is -1.99. The van der Waals surface area contributed by atoms with Crippen LogP contribution < -0.4 is 0 Å². The van der Waals surface area contributed by atoms with E-state index in [1.807, 2.05) is 30.3 Å². The lowest BCUT2D eigenvalue weighted by Crippen LogP contribution is -1.97. The van der Waals surface area contributed by atoms with Crippen molar-refractivity contribution in [1.29, 1.82) is 0 Å². The molecule has 1 aromatic heterocycles. The number of para-hydroxylation sites is 1. The van der Waals surface area contributed by atoms with Gasteiger partial charge in [0.1, 0.15) is 0 Å². The molecule has 1 heterocycles. The molecule has 0 aliphatic carbocycles. The number of nitrogens with zero attached hydrogens (tertiary/aromatic N) is 3. The molecule has 0 radical (unpaired) electrons. The van der Waals surface area contributed by atoms with Crippen LogP contribution in [0.5, 0.6) is 0 Å². The largest absolute Gasteiger partial charge is 0.274 e. The molecule has 7 heteroatoms. The van der Waals surface area contributed by atoms with Gasteiger partial charge in [0.25, 0.3) is 10.9 Å². The number of non-ortho nitro benzene ring substituents is 1. The molecule has 23 heavy (non-hydrogen) atoms. The summed E-state index contributed by atoms with van der Waals surface area (Å²) in [5.41, 5.74) is 2.00.